The van der Waals surface area contributed by atoms with E-state index in [0.717, 1.165) is 4.90 Å². The number of alkyl halides is 2. The number of phenols is 1. The quantitative estimate of drug-likeness (QED) is 0.0771. The summed E-state index contributed by atoms with van der Waals surface area (Å²) >= 11 is 20.5. The lowest BCUT2D eigenvalue weighted by molar-refractivity contribution is -0.125. The number of hydrogen-bond acceptors (Lipinski definition) is 5. The number of benzene rings is 3. The smallest absolute Gasteiger partial charge is 0.258 e. The summed E-state index contributed by atoms with van der Waals surface area (Å²) < 4.78 is 73.2. The molecule has 1 N–H and O–H groups in total. The van der Waals surface area contributed by atoms with Gasteiger partial charge in [0.25, 0.3) is 11.8 Å². The van der Waals surface area contributed by atoms with Gasteiger partial charge < -0.3 is 5.11 Å². The van der Waals surface area contributed by atoms with Crippen LogP contribution in [0, 0.1) is 60.7 Å². The van der Waals surface area contributed by atoms with Gasteiger partial charge in [-0.2, -0.15) is 0 Å². The molecule has 6 atom stereocenters. The number of carbonyl (C=O) groups excluding carboxylic acids is 4. The summed E-state index contributed by atoms with van der Waals surface area (Å²) in [7, 11) is 0. The number of aromatic hydroxyl groups is 1. The minimum Gasteiger partial charge on any atom is -0.507 e. The number of aryl methyl sites for hydroxylation is 2. The highest BCUT2D eigenvalue weighted by Gasteiger charge is 2.77. The van der Waals surface area contributed by atoms with Crippen molar-refractivity contribution in [2.24, 2.45) is 17.8 Å². The first-order valence-corrected chi connectivity index (χ1v) is 16.0. The molecule has 1 saturated carbocycles. The third-order valence-electron chi connectivity index (χ3n) is 10.2. The van der Waals surface area contributed by atoms with Crippen LogP contribution in [0.25, 0.3) is 0 Å². The van der Waals surface area contributed by atoms with Gasteiger partial charge in [0.15, 0.2) is 33.0 Å². The van der Waals surface area contributed by atoms with Gasteiger partial charge in [-0.15, -0.1) is 23.2 Å². The number of phenolic OH excluding ortho intramolecular Hbond substituents is 1. The Labute approximate surface area is 289 Å². The minimum absolute atomic E-state index is 0.0496. The number of carbonyl (C=O) groups is 4. The van der Waals surface area contributed by atoms with E-state index in [-0.39, 0.29) is 38.7 Å². The molecule has 0 spiro atoms. The Bertz CT molecular complexity index is 2080. The standard InChI is InChI=1S/C34H22Cl3F5N2O5/c1-12-6-7-14(10-19(12)35)43-29(46)16-9-8-15-18(20(16)30(43)47)11-33(36)31(48)44(27-25(41)23(39)22(38)24(40)26(27)42)32(49)34(33,37)21(15)17-5-3-4-13(2)28(17)45/h3-8,10,16,18,20-21,45H,9,11H2,1-2H3/t16-,18+,20-,21+,33+,34-/m0/s1. The van der Waals surface area contributed by atoms with Crippen molar-refractivity contribution < 1.29 is 46.2 Å². The zero-order valence-electron chi connectivity index (χ0n) is 25.3. The van der Waals surface area contributed by atoms with Crippen molar-refractivity contribution in [3.63, 3.8) is 0 Å². The molecule has 49 heavy (non-hydrogen) atoms. The van der Waals surface area contributed by atoms with Crippen LogP contribution in [0.5, 0.6) is 5.75 Å². The summed E-state index contributed by atoms with van der Waals surface area (Å²) in [6.45, 7) is 3.25. The lowest BCUT2D eigenvalue weighted by Gasteiger charge is -2.50. The van der Waals surface area contributed by atoms with Crippen LogP contribution in [0.1, 0.15) is 35.4 Å². The van der Waals surface area contributed by atoms with Crippen molar-refractivity contribution in [2.75, 3.05) is 9.80 Å². The molecule has 2 aliphatic heterocycles. The first-order valence-electron chi connectivity index (χ1n) is 14.9. The monoisotopic (exact) mass is 738 g/mol. The highest BCUT2D eigenvalue weighted by molar-refractivity contribution is 6.58. The second-order valence-electron chi connectivity index (χ2n) is 12.7. The van der Waals surface area contributed by atoms with Crippen LogP contribution >= 0.6 is 34.8 Å². The van der Waals surface area contributed by atoms with E-state index in [1.165, 1.54) is 37.3 Å². The van der Waals surface area contributed by atoms with Crippen LogP contribution < -0.4 is 9.80 Å². The van der Waals surface area contributed by atoms with E-state index in [1.807, 2.05) is 0 Å². The molecule has 0 aromatic heterocycles. The van der Waals surface area contributed by atoms with Crippen molar-refractivity contribution in [3.8, 4) is 5.75 Å². The van der Waals surface area contributed by atoms with Gasteiger partial charge in [0.2, 0.25) is 17.6 Å². The van der Waals surface area contributed by atoms with E-state index in [4.69, 9.17) is 34.8 Å². The second kappa shape index (κ2) is 11.0. The summed E-state index contributed by atoms with van der Waals surface area (Å²) in [5, 5.41) is 11.6. The highest BCUT2D eigenvalue weighted by atomic mass is 35.5. The second-order valence-corrected chi connectivity index (χ2v) is 14.3. The van der Waals surface area contributed by atoms with Crippen LogP contribution in [-0.2, 0) is 19.2 Å². The third kappa shape index (κ3) is 4.20. The van der Waals surface area contributed by atoms with E-state index in [2.05, 4.69) is 0 Å². The highest BCUT2D eigenvalue weighted by Crippen LogP contribution is 2.67. The van der Waals surface area contributed by atoms with Crippen LogP contribution in [0.15, 0.2) is 48.0 Å². The fourth-order valence-corrected chi connectivity index (χ4v) is 8.90. The molecule has 3 aromatic carbocycles. The Balaban J connectivity index is 1.44. The van der Waals surface area contributed by atoms with Crippen molar-refractivity contribution >= 4 is 69.8 Å². The molecule has 7 nitrogen and oxygen atoms in total. The number of amides is 4. The SMILES string of the molecule is Cc1ccc(N2C(=O)[C@H]3[C@H](CC=C4[C@H]3C[C@@]3(Cl)C(=O)N(c5c(F)c(F)c(F)c(F)c5F)C(=O)[C@@]3(Cl)[C@H]4c3cccc(C)c3O)C2=O)cc1Cl. The Morgan fingerprint density at radius 2 is 1.43 bits per heavy atom. The topological polar surface area (TPSA) is 95.0 Å². The molecule has 2 aliphatic carbocycles. The largest absolute Gasteiger partial charge is 0.507 e. The fourth-order valence-electron chi connectivity index (χ4n) is 7.80. The fraction of sp³-hybridized carbons (Fsp3) is 0.294. The number of anilines is 2. The van der Waals surface area contributed by atoms with Crippen molar-refractivity contribution in [2.45, 2.75) is 42.4 Å². The Kier molecular flexibility index (Phi) is 7.52. The molecule has 0 unspecified atom stereocenters. The van der Waals surface area contributed by atoms with Crippen LogP contribution in [0.3, 0.4) is 0 Å². The van der Waals surface area contributed by atoms with Crippen molar-refractivity contribution in [1.82, 2.24) is 0 Å². The molecule has 0 radical (unpaired) electrons. The first-order chi connectivity index (χ1) is 23.0. The number of halogens is 8. The van der Waals surface area contributed by atoms with E-state index < -0.39 is 104 Å². The minimum atomic E-state index is -2.73. The predicted molar refractivity (Wildman–Crippen MR) is 168 cm³/mol. The molecular weight excluding hydrogens is 718 g/mol. The maximum Gasteiger partial charge on any atom is 0.258 e. The number of allylic oxidation sites excluding steroid dienone is 2. The molecule has 15 heteroatoms. The summed E-state index contributed by atoms with van der Waals surface area (Å²) in [5.41, 5.74) is -0.561. The van der Waals surface area contributed by atoms with Gasteiger partial charge in [-0.3, -0.25) is 19.2 Å². The van der Waals surface area contributed by atoms with Gasteiger partial charge >= 0.3 is 0 Å². The van der Waals surface area contributed by atoms with Gasteiger partial charge in [-0.25, -0.2) is 31.8 Å². The molecule has 7 rings (SSSR count). The molecule has 0 bridgehead atoms. The summed E-state index contributed by atoms with van der Waals surface area (Å²) in [4.78, 5) is 51.9. The molecule has 2 saturated heterocycles. The van der Waals surface area contributed by atoms with E-state index >= 15 is 8.78 Å². The third-order valence-corrected chi connectivity index (χ3v) is 12.0. The van der Waals surface area contributed by atoms with Crippen LogP contribution in [0.4, 0.5) is 33.3 Å². The van der Waals surface area contributed by atoms with Crippen LogP contribution in [-0.4, -0.2) is 38.5 Å². The molecule has 3 fully saturated rings. The van der Waals surface area contributed by atoms with Gasteiger partial charge in [0, 0.05) is 16.5 Å². The number of para-hydroxylation sites is 1. The van der Waals surface area contributed by atoms with Crippen molar-refractivity contribution in [3.05, 3.63) is 98.8 Å². The van der Waals surface area contributed by atoms with E-state index in [1.54, 1.807) is 19.1 Å². The Morgan fingerprint density at radius 3 is 2.06 bits per heavy atom. The number of nitrogens with zero attached hydrogens (tertiary/aromatic N) is 2. The van der Waals surface area contributed by atoms with E-state index in [0.29, 0.717) is 5.56 Å². The normalized spacial score (nSPS) is 29.3. The molecule has 4 amide bonds. The zero-order valence-corrected chi connectivity index (χ0v) is 27.5. The number of hydrogen-bond donors (Lipinski definition) is 1. The molecule has 254 valence electrons. The van der Waals surface area contributed by atoms with Crippen LogP contribution in [0.2, 0.25) is 5.02 Å². The number of imide groups is 2. The zero-order chi connectivity index (χ0) is 35.6. The maximum absolute atomic E-state index is 15.2. The summed E-state index contributed by atoms with van der Waals surface area (Å²) in [6, 6.07) is 8.97. The predicted octanol–water partition coefficient (Wildman–Crippen LogP) is 7.13. The number of rotatable bonds is 3. The maximum atomic E-state index is 15.2. The van der Waals surface area contributed by atoms with Gasteiger partial charge in [-0.1, -0.05) is 47.5 Å². The number of fused-ring (bicyclic) bond motifs is 4. The molecular formula is C34H22Cl3F5N2O5. The van der Waals surface area contributed by atoms with Gasteiger partial charge in [-0.05, 0) is 55.9 Å². The Hall–Kier alpha value is -4.00. The summed E-state index contributed by atoms with van der Waals surface area (Å²) in [6.07, 6.45) is 0.840. The van der Waals surface area contributed by atoms with Crippen molar-refractivity contribution in [1.29, 1.82) is 0 Å². The van der Waals surface area contributed by atoms with E-state index in [9.17, 15) is 37.5 Å². The Morgan fingerprint density at radius 1 is 0.796 bits per heavy atom. The lowest BCUT2D eigenvalue weighted by Crippen LogP contribution is -2.60. The average molecular weight is 740 g/mol. The molecule has 2 heterocycles. The van der Waals surface area contributed by atoms with Gasteiger partial charge in [0.05, 0.1) is 17.5 Å². The summed E-state index contributed by atoms with van der Waals surface area (Å²) in [5.74, 6) is -22.1. The molecule has 3 aromatic rings. The van der Waals surface area contributed by atoms with Gasteiger partial charge in [0.1, 0.15) is 11.4 Å². The lowest BCUT2D eigenvalue weighted by atomic mass is 9.56. The molecule has 4 aliphatic rings. The average Bonchev–Trinajstić information content (AvgIpc) is 3.40. The first kappa shape index (κ1) is 33.5.